The van der Waals surface area contributed by atoms with Crippen LogP contribution < -0.4 is 10.6 Å². The molecular weight excluding hydrogens is 172 g/mol. The summed E-state index contributed by atoms with van der Waals surface area (Å²) in [5.41, 5.74) is 0. The van der Waals surface area contributed by atoms with Crippen LogP contribution in [0, 0.1) is 5.92 Å². The molecule has 0 saturated carbocycles. The maximum absolute atomic E-state index is 10.7. The summed E-state index contributed by atoms with van der Waals surface area (Å²) >= 11 is 0. The molecule has 0 spiro atoms. The van der Waals surface area contributed by atoms with Crippen LogP contribution in [0.25, 0.3) is 0 Å². The van der Waals surface area contributed by atoms with Gasteiger partial charge in [-0.3, -0.25) is 10.6 Å². The smallest absolute Gasteiger partial charge is 0.330 e. The molecule has 0 aromatic rings. The first-order valence-electron chi connectivity index (χ1n) is 4.16. The molecule has 0 aliphatic carbocycles. The third-order valence-electron chi connectivity index (χ3n) is 1.83. The van der Waals surface area contributed by atoms with E-state index in [0.717, 1.165) is 6.08 Å². The number of carbonyl (C=O) groups excluding carboxylic acids is 1. The number of aliphatic hydroxyl groups is 1. The second kappa shape index (κ2) is 4.96. The Morgan fingerprint density at radius 1 is 1.62 bits per heavy atom. The van der Waals surface area contributed by atoms with Gasteiger partial charge in [-0.25, -0.2) is 4.79 Å². The lowest BCUT2D eigenvalue weighted by molar-refractivity contribution is -0.139. The van der Waals surface area contributed by atoms with Crippen molar-refractivity contribution in [3.8, 4) is 0 Å². The minimum atomic E-state index is -0.647. The van der Waals surface area contributed by atoms with Crippen LogP contribution in [0.15, 0.2) is 12.7 Å². The van der Waals surface area contributed by atoms with Crippen molar-refractivity contribution in [3.05, 3.63) is 12.7 Å². The lowest BCUT2D eigenvalue weighted by atomic mass is 10.1. The highest BCUT2D eigenvalue weighted by Gasteiger charge is 2.18. The molecule has 0 unspecified atom stereocenters. The quantitative estimate of drug-likeness (QED) is 0.381. The van der Waals surface area contributed by atoms with Gasteiger partial charge < -0.3 is 9.84 Å². The number of hydrogen-bond acceptors (Lipinski definition) is 5. The van der Waals surface area contributed by atoms with E-state index in [0.29, 0.717) is 19.7 Å². The Kier molecular flexibility index (Phi) is 3.88. The van der Waals surface area contributed by atoms with Crippen molar-refractivity contribution >= 4 is 5.97 Å². The van der Waals surface area contributed by atoms with Gasteiger partial charge in [0.15, 0.2) is 6.35 Å². The molecule has 5 heteroatoms. The van der Waals surface area contributed by atoms with Crippen LogP contribution in [0.1, 0.15) is 0 Å². The van der Waals surface area contributed by atoms with E-state index in [1.165, 1.54) is 0 Å². The Hall–Kier alpha value is -0.910. The van der Waals surface area contributed by atoms with Gasteiger partial charge in [-0.1, -0.05) is 6.58 Å². The second-order valence-corrected chi connectivity index (χ2v) is 2.92. The molecule has 3 N–H and O–H groups in total. The summed E-state index contributed by atoms with van der Waals surface area (Å²) < 4.78 is 4.85. The molecule has 0 atom stereocenters. The van der Waals surface area contributed by atoms with E-state index in [9.17, 15) is 4.79 Å². The zero-order valence-corrected chi connectivity index (χ0v) is 7.32. The van der Waals surface area contributed by atoms with E-state index < -0.39 is 12.3 Å². The number of carbonyl (C=O) groups is 1. The summed E-state index contributed by atoms with van der Waals surface area (Å²) in [5.74, 6) is -0.210. The number of hydrogen-bond donors (Lipinski definition) is 3. The van der Waals surface area contributed by atoms with Gasteiger partial charge in [-0.15, -0.1) is 0 Å². The summed E-state index contributed by atoms with van der Waals surface area (Å²) in [6.07, 6.45) is 0.491. The van der Waals surface area contributed by atoms with Crippen LogP contribution in [0.2, 0.25) is 0 Å². The van der Waals surface area contributed by atoms with Gasteiger partial charge in [0.05, 0.1) is 6.61 Å². The van der Waals surface area contributed by atoms with Crippen molar-refractivity contribution in [2.45, 2.75) is 6.35 Å². The maximum atomic E-state index is 10.7. The molecule has 0 aromatic heterocycles. The monoisotopic (exact) mass is 186 g/mol. The Balaban J connectivity index is 2.15. The third-order valence-corrected chi connectivity index (χ3v) is 1.83. The molecule has 1 heterocycles. The fourth-order valence-electron chi connectivity index (χ4n) is 1.08. The summed E-state index contributed by atoms with van der Waals surface area (Å²) in [5, 5.41) is 14.6. The summed E-state index contributed by atoms with van der Waals surface area (Å²) in [7, 11) is 0. The van der Waals surface area contributed by atoms with Gasteiger partial charge >= 0.3 is 5.97 Å². The molecule has 1 saturated heterocycles. The first kappa shape index (κ1) is 10.2. The molecule has 5 nitrogen and oxygen atoms in total. The second-order valence-electron chi connectivity index (χ2n) is 2.92. The highest BCUT2D eigenvalue weighted by Crippen LogP contribution is 1.99. The minimum absolute atomic E-state index is 0.201. The number of nitrogens with one attached hydrogen (secondary N) is 2. The Labute approximate surface area is 76.8 Å². The predicted octanol–water partition coefficient (Wildman–Crippen LogP) is -1.20. The average molecular weight is 186 g/mol. The van der Waals surface area contributed by atoms with Crippen molar-refractivity contribution in [1.29, 1.82) is 0 Å². The molecule has 0 bridgehead atoms. The fourth-order valence-corrected chi connectivity index (χ4v) is 1.08. The molecule has 1 fully saturated rings. The highest BCUT2D eigenvalue weighted by molar-refractivity contribution is 5.81. The number of aliphatic hydroxyl groups excluding tert-OH is 1. The first-order valence-corrected chi connectivity index (χ1v) is 4.16. The largest absolute Gasteiger partial charge is 0.462 e. The molecule has 1 aliphatic heterocycles. The first-order chi connectivity index (χ1) is 6.22. The van der Waals surface area contributed by atoms with E-state index in [1.54, 1.807) is 0 Å². The normalized spacial score (nSPS) is 28.1. The summed E-state index contributed by atoms with van der Waals surface area (Å²) in [4.78, 5) is 10.7. The van der Waals surface area contributed by atoms with Gasteiger partial charge in [0.25, 0.3) is 0 Å². The van der Waals surface area contributed by atoms with Crippen LogP contribution in [0.4, 0.5) is 0 Å². The minimum Gasteiger partial charge on any atom is -0.462 e. The van der Waals surface area contributed by atoms with Crippen LogP contribution in [-0.2, 0) is 9.53 Å². The Morgan fingerprint density at radius 2 is 2.23 bits per heavy atom. The van der Waals surface area contributed by atoms with Gasteiger partial charge in [0, 0.05) is 25.1 Å². The molecule has 0 amide bonds. The topological polar surface area (TPSA) is 70.6 Å². The summed E-state index contributed by atoms with van der Waals surface area (Å²) in [6, 6.07) is 0. The van der Waals surface area contributed by atoms with Gasteiger partial charge in [-0.2, -0.15) is 0 Å². The number of esters is 1. The lowest BCUT2D eigenvalue weighted by Gasteiger charge is -2.27. The average Bonchev–Trinajstić information content (AvgIpc) is 2.16. The van der Waals surface area contributed by atoms with Crippen molar-refractivity contribution < 1.29 is 14.6 Å². The number of ether oxygens (including phenoxy) is 1. The van der Waals surface area contributed by atoms with Gasteiger partial charge in [0.2, 0.25) is 0 Å². The Morgan fingerprint density at radius 3 is 2.77 bits per heavy atom. The van der Waals surface area contributed by atoms with Crippen molar-refractivity contribution in [1.82, 2.24) is 10.6 Å². The summed E-state index contributed by atoms with van der Waals surface area (Å²) in [6.45, 7) is 4.91. The van der Waals surface area contributed by atoms with Gasteiger partial charge in [-0.05, 0) is 0 Å². The van der Waals surface area contributed by atoms with Crippen LogP contribution in [0.3, 0.4) is 0 Å². The maximum Gasteiger partial charge on any atom is 0.330 e. The molecule has 0 radical (unpaired) electrons. The third kappa shape index (κ3) is 3.54. The fraction of sp³-hybridized carbons (Fsp3) is 0.625. The zero-order chi connectivity index (χ0) is 9.68. The van der Waals surface area contributed by atoms with Crippen LogP contribution in [0.5, 0.6) is 0 Å². The van der Waals surface area contributed by atoms with E-state index in [4.69, 9.17) is 9.84 Å². The van der Waals surface area contributed by atoms with E-state index in [2.05, 4.69) is 17.2 Å². The predicted molar refractivity (Wildman–Crippen MR) is 46.7 cm³/mol. The highest BCUT2D eigenvalue weighted by atomic mass is 16.5. The lowest BCUT2D eigenvalue weighted by Crippen LogP contribution is -2.53. The molecule has 0 aromatic carbocycles. The zero-order valence-electron chi connectivity index (χ0n) is 7.32. The molecule has 1 aliphatic rings. The molecule has 74 valence electrons. The van der Waals surface area contributed by atoms with Crippen LogP contribution >= 0.6 is 0 Å². The van der Waals surface area contributed by atoms with Crippen molar-refractivity contribution in [3.63, 3.8) is 0 Å². The number of rotatable bonds is 3. The molecule has 1 rings (SSSR count). The van der Waals surface area contributed by atoms with Crippen LogP contribution in [-0.4, -0.2) is 37.1 Å². The van der Waals surface area contributed by atoms with Gasteiger partial charge in [0.1, 0.15) is 0 Å². The van der Waals surface area contributed by atoms with Crippen molar-refractivity contribution in [2.24, 2.45) is 5.92 Å². The van der Waals surface area contributed by atoms with E-state index in [1.807, 2.05) is 0 Å². The molecular formula is C8H14N2O3. The molecule has 13 heavy (non-hydrogen) atoms. The standard InChI is InChI=1S/C8H14N2O3/c1-2-7(11)13-5-6-3-9-8(12)10-4-6/h2,6,8-10,12H,1,3-5H2. The SMILES string of the molecule is C=CC(=O)OCC1CNC(O)NC1. The Bertz CT molecular complexity index is 188. The van der Waals surface area contributed by atoms with E-state index >= 15 is 0 Å². The van der Waals surface area contributed by atoms with E-state index in [-0.39, 0.29) is 5.92 Å². The van der Waals surface area contributed by atoms with Crippen molar-refractivity contribution in [2.75, 3.05) is 19.7 Å².